The molecule has 2 rings (SSSR count). The second-order valence-corrected chi connectivity index (χ2v) is 4.59. The van der Waals surface area contributed by atoms with E-state index in [1.54, 1.807) is 0 Å². The van der Waals surface area contributed by atoms with Crippen molar-refractivity contribution in [2.45, 2.75) is 26.4 Å². The summed E-state index contributed by atoms with van der Waals surface area (Å²) in [7, 11) is 0. The molecule has 0 bridgehead atoms. The van der Waals surface area contributed by atoms with Gasteiger partial charge in [-0.3, -0.25) is 9.59 Å². The maximum Gasteiger partial charge on any atom is 0.306 e. The number of aromatic nitrogens is 4. The molecule has 2 aromatic rings. The van der Waals surface area contributed by atoms with Crippen molar-refractivity contribution in [3.63, 3.8) is 0 Å². The SMILES string of the molecule is CC(=O)NCCCC(=O)OCc1nnnn1-c1ccccc1. The molecule has 22 heavy (non-hydrogen) atoms. The number of carbonyl (C=O) groups is 2. The number of ether oxygens (including phenoxy) is 1. The van der Waals surface area contributed by atoms with Crippen LogP contribution in [0.25, 0.3) is 5.69 Å². The molecule has 116 valence electrons. The van der Waals surface area contributed by atoms with Gasteiger partial charge in [0.1, 0.15) is 0 Å². The zero-order valence-corrected chi connectivity index (χ0v) is 12.2. The van der Waals surface area contributed by atoms with Crippen LogP contribution in [0.1, 0.15) is 25.6 Å². The van der Waals surface area contributed by atoms with E-state index in [0.717, 1.165) is 5.69 Å². The number of para-hydroxylation sites is 1. The molecule has 0 aliphatic heterocycles. The van der Waals surface area contributed by atoms with Crippen LogP contribution in [-0.2, 0) is 20.9 Å². The van der Waals surface area contributed by atoms with E-state index < -0.39 is 0 Å². The molecule has 8 nitrogen and oxygen atoms in total. The van der Waals surface area contributed by atoms with Gasteiger partial charge in [-0.15, -0.1) is 5.10 Å². The van der Waals surface area contributed by atoms with Gasteiger partial charge in [0.25, 0.3) is 0 Å². The molecule has 0 saturated heterocycles. The predicted molar refractivity (Wildman–Crippen MR) is 76.9 cm³/mol. The number of tetrazole rings is 1. The van der Waals surface area contributed by atoms with Crippen LogP contribution < -0.4 is 5.32 Å². The molecule has 0 aliphatic carbocycles. The van der Waals surface area contributed by atoms with Crippen molar-refractivity contribution in [3.8, 4) is 5.69 Å². The Kier molecular flexibility index (Phi) is 5.58. The van der Waals surface area contributed by atoms with E-state index in [4.69, 9.17) is 4.74 Å². The first kappa shape index (κ1) is 15.6. The lowest BCUT2D eigenvalue weighted by molar-refractivity contribution is -0.145. The van der Waals surface area contributed by atoms with Crippen molar-refractivity contribution >= 4 is 11.9 Å². The third kappa shape index (κ3) is 4.65. The van der Waals surface area contributed by atoms with Gasteiger partial charge in [-0.2, -0.15) is 4.68 Å². The van der Waals surface area contributed by atoms with E-state index in [9.17, 15) is 9.59 Å². The number of hydrogen-bond acceptors (Lipinski definition) is 6. The lowest BCUT2D eigenvalue weighted by Crippen LogP contribution is -2.21. The van der Waals surface area contributed by atoms with Gasteiger partial charge in [-0.1, -0.05) is 18.2 Å². The highest BCUT2D eigenvalue weighted by molar-refractivity contribution is 5.73. The second kappa shape index (κ2) is 7.87. The Labute approximate surface area is 127 Å². The molecule has 0 atom stereocenters. The van der Waals surface area contributed by atoms with Gasteiger partial charge in [-0.25, -0.2) is 0 Å². The zero-order chi connectivity index (χ0) is 15.8. The second-order valence-electron chi connectivity index (χ2n) is 4.59. The highest BCUT2D eigenvalue weighted by atomic mass is 16.5. The maximum absolute atomic E-state index is 11.6. The average molecular weight is 303 g/mol. The number of rotatable bonds is 7. The number of nitrogens with zero attached hydrogens (tertiary/aromatic N) is 4. The monoisotopic (exact) mass is 303 g/mol. The van der Waals surface area contributed by atoms with Crippen molar-refractivity contribution in [3.05, 3.63) is 36.2 Å². The molecular weight excluding hydrogens is 286 g/mol. The number of esters is 1. The smallest absolute Gasteiger partial charge is 0.306 e. The van der Waals surface area contributed by atoms with Crippen LogP contribution in [0.3, 0.4) is 0 Å². The van der Waals surface area contributed by atoms with E-state index in [0.29, 0.717) is 18.8 Å². The Morgan fingerprint density at radius 2 is 2.05 bits per heavy atom. The fourth-order valence-electron chi connectivity index (χ4n) is 1.78. The number of carbonyl (C=O) groups excluding carboxylic acids is 2. The van der Waals surface area contributed by atoms with Gasteiger partial charge in [0, 0.05) is 19.9 Å². The zero-order valence-electron chi connectivity index (χ0n) is 12.2. The predicted octanol–water partition coefficient (Wildman–Crippen LogP) is 0.622. The Balaban J connectivity index is 1.81. The number of nitrogens with one attached hydrogen (secondary N) is 1. The van der Waals surface area contributed by atoms with E-state index >= 15 is 0 Å². The molecule has 0 unspecified atom stereocenters. The molecule has 0 fully saturated rings. The molecule has 1 aromatic heterocycles. The van der Waals surface area contributed by atoms with Crippen molar-refractivity contribution in [2.75, 3.05) is 6.54 Å². The number of benzene rings is 1. The van der Waals surface area contributed by atoms with Crippen molar-refractivity contribution < 1.29 is 14.3 Å². The molecule has 0 saturated carbocycles. The average Bonchev–Trinajstić information content (AvgIpc) is 2.99. The Hall–Kier alpha value is -2.77. The third-order valence-corrected chi connectivity index (χ3v) is 2.83. The summed E-state index contributed by atoms with van der Waals surface area (Å²) in [6.45, 7) is 1.88. The normalized spacial score (nSPS) is 10.2. The summed E-state index contributed by atoms with van der Waals surface area (Å²) in [6.07, 6.45) is 0.759. The van der Waals surface area contributed by atoms with Crippen LogP contribution in [0.5, 0.6) is 0 Å². The van der Waals surface area contributed by atoms with Crippen LogP contribution in [-0.4, -0.2) is 38.6 Å². The summed E-state index contributed by atoms with van der Waals surface area (Å²) in [4.78, 5) is 22.3. The van der Waals surface area contributed by atoms with Gasteiger partial charge in [-0.05, 0) is 29.0 Å². The van der Waals surface area contributed by atoms with Crippen molar-refractivity contribution in [1.29, 1.82) is 0 Å². The summed E-state index contributed by atoms with van der Waals surface area (Å²) < 4.78 is 6.66. The number of hydrogen-bond donors (Lipinski definition) is 1. The highest BCUT2D eigenvalue weighted by Crippen LogP contribution is 2.08. The summed E-state index contributed by atoms with van der Waals surface area (Å²) in [5.74, 6) is -0.0234. The largest absolute Gasteiger partial charge is 0.457 e. The minimum Gasteiger partial charge on any atom is -0.457 e. The molecule has 1 aromatic carbocycles. The molecule has 1 amide bonds. The van der Waals surface area contributed by atoms with E-state index in [1.807, 2.05) is 30.3 Å². The summed E-state index contributed by atoms with van der Waals surface area (Å²) in [5, 5.41) is 13.9. The highest BCUT2D eigenvalue weighted by Gasteiger charge is 2.11. The first-order chi connectivity index (χ1) is 10.7. The molecule has 0 aliphatic rings. The van der Waals surface area contributed by atoms with Gasteiger partial charge in [0.2, 0.25) is 5.91 Å². The minimum atomic E-state index is -0.354. The molecule has 8 heteroatoms. The van der Waals surface area contributed by atoms with Gasteiger partial charge < -0.3 is 10.1 Å². The minimum absolute atomic E-state index is 0.000858. The molecule has 1 N–H and O–H groups in total. The van der Waals surface area contributed by atoms with Crippen LogP contribution in [0.2, 0.25) is 0 Å². The fourth-order valence-corrected chi connectivity index (χ4v) is 1.78. The molecule has 0 radical (unpaired) electrons. The lowest BCUT2D eigenvalue weighted by Gasteiger charge is -2.06. The lowest BCUT2D eigenvalue weighted by atomic mass is 10.3. The fraction of sp³-hybridized carbons (Fsp3) is 0.357. The van der Waals surface area contributed by atoms with E-state index in [1.165, 1.54) is 11.6 Å². The maximum atomic E-state index is 11.6. The first-order valence-corrected chi connectivity index (χ1v) is 6.89. The van der Waals surface area contributed by atoms with Crippen LogP contribution >= 0.6 is 0 Å². The third-order valence-electron chi connectivity index (χ3n) is 2.83. The Morgan fingerprint density at radius 1 is 1.27 bits per heavy atom. The standard InChI is InChI=1S/C14H17N5O3/c1-11(20)15-9-5-8-14(21)22-10-13-16-17-18-19(13)12-6-3-2-4-7-12/h2-4,6-7H,5,8-10H2,1H3,(H,15,20). The quantitative estimate of drug-likeness (QED) is 0.594. The Bertz CT molecular complexity index is 626. The summed E-state index contributed by atoms with van der Waals surface area (Å²) >= 11 is 0. The summed E-state index contributed by atoms with van der Waals surface area (Å²) in [5.41, 5.74) is 0.796. The molecular formula is C14H17N5O3. The van der Waals surface area contributed by atoms with Crippen molar-refractivity contribution in [2.24, 2.45) is 0 Å². The van der Waals surface area contributed by atoms with E-state index in [2.05, 4.69) is 20.8 Å². The molecule has 1 heterocycles. The van der Waals surface area contributed by atoms with Gasteiger partial charge in [0.15, 0.2) is 12.4 Å². The van der Waals surface area contributed by atoms with Crippen LogP contribution in [0, 0.1) is 0 Å². The first-order valence-electron chi connectivity index (χ1n) is 6.89. The number of amides is 1. The van der Waals surface area contributed by atoms with Gasteiger partial charge >= 0.3 is 5.97 Å². The van der Waals surface area contributed by atoms with Crippen LogP contribution in [0.15, 0.2) is 30.3 Å². The summed E-state index contributed by atoms with van der Waals surface area (Å²) in [6, 6.07) is 9.34. The van der Waals surface area contributed by atoms with Crippen LogP contribution in [0.4, 0.5) is 0 Å². The topological polar surface area (TPSA) is 99.0 Å². The Morgan fingerprint density at radius 3 is 2.77 bits per heavy atom. The molecule has 0 spiro atoms. The van der Waals surface area contributed by atoms with E-state index in [-0.39, 0.29) is 24.9 Å². The van der Waals surface area contributed by atoms with Crippen molar-refractivity contribution in [1.82, 2.24) is 25.5 Å². The van der Waals surface area contributed by atoms with Gasteiger partial charge in [0.05, 0.1) is 5.69 Å².